The normalized spacial score (nSPS) is 18.6. The summed E-state index contributed by atoms with van der Waals surface area (Å²) in [5.74, 6) is 0.425. The molecule has 2 heterocycles. The fourth-order valence-electron chi connectivity index (χ4n) is 3.33. The van der Waals surface area contributed by atoms with E-state index in [9.17, 15) is 9.90 Å². The Balaban J connectivity index is 1.69. The molecule has 0 amide bonds. The Bertz CT molecular complexity index is 916. The molecule has 2 aromatic rings. The van der Waals surface area contributed by atoms with Crippen molar-refractivity contribution in [3.05, 3.63) is 62.8 Å². The summed E-state index contributed by atoms with van der Waals surface area (Å²) < 4.78 is 11.3. The number of quaternary nitrogens is 1. The van der Waals surface area contributed by atoms with Crippen molar-refractivity contribution < 1.29 is 24.3 Å². The first-order chi connectivity index (χ1) is 13.0. The van der Waals surface area contributed by atoms with E-state index in [1.54, 1.807) is 36.4 Å². The third-order valence-corrected chi connectivity index (χ3v) is 5.48. The number of phenols is 1. The number of nitrogens with one attached hydrogen (secondary N) is 1. The maximum Gasteiger partial charge on any atom is 0.231 e. The number of hydrogen-bond acceptors (Lipinski definition) is 4. The summed E-state index contributed by atoms with van der Waals surface area (Å²) in [6, 6.07) is 8.26. The molecular weight excluding hydrogens is 389 g/mol. The van der Waals surface area contributed by atoms with Crippen LogP contribution in [0.5, 0.6) is 11.5 Å². The lowest BCUT2D eigenvalue weighted by atomic mass is 10.0. The van der Waals surface area contributed by atoms with Gasteiger partial charge in [0.2, 0.25) is 5.78 Å². The van der Waals surface area contributed by atoms with E-state index in [0.29, 0.717) is 52.2 Å². The Labute approximate surface area is 166 Å². The van der Waals surface area contributed by atoms with Crippen LogP contribution in [0.4, 0.5) is 0 Å². The molecule has 2 N–H and O–H groups in total. The maximum atomic E-state index is 12.8. The van der Waals surface area contributed by atoms with E-state index in [1.165, 1.54) is 4.90 Å². The molecular formula is C20H18Cl2NO4+. The molecule has 27 heavy (non-hydrogen) atoms. The highest BCUT2D eigenvalue weighted by molar-refractivity contribution is 6.37. The van der Waals surface area contributed by atoms with E-state index in [-0.39, 0.29) is 17.3 Å². The summed E-state index contributed by atoms with van der Waals surface area (Å²) in [6.45, 7) is 3.61. The standard InChI is InChI=1S/C20H17Cl2NO4/c21-15-2-1-3-16(22)13(15)10-18-19(25)12-4-5-17(24)14(20(12)27-18)11-23-6-8-26-9-7-23/h1-5,10,24H,6-9,11H2/p+1/b18-10+. The SMILES string of the molecule is O=C1/C(=C\c2c(Cl)cccc2Cl)Oc2c1ccc(O)c2C[NH+]1CCOCC1. The van der Waals surface area contributed by atoms with E-state index >= 15 is 0 Å². The van der Waals surface area contributed by atoms with Crippen molar-refractivity contribution in [2.75, 3.05) is 26.3 Å². The molecule has 2 aliphatic rings. The van der Waals surface area contributed by atoms with Gasteiger partial charge in [-0.05, 0) is 30.3 Å². The number of ketones is 1. The predicted molar refractivity (Wildman–Crippen MR) is 103 cm³/mol. The Morgan fingerprint density at radius 2 is 1.81 bits per heavy atom. The van der Waals surface area contributed by atoms with Gasteiger partial charge in [-0.15, -0.1) is 0 Å². The minimum atomic E-state index is -0.251. The van der Waals surface area contributed by atoms with Gasteiger partial charge in [-0.2, -0.15) is 0 Å². The number of halogens is 2. The van der Waals surface area contributed by atoms with E-state index in [0.717, 1.165) is 13.1 Å². The molecule has 2 aliphatic heterocycles. The fraction of sp³-hybridized carbons (Fsp3) is 0.250. The number of allylic oxidation sites excluding steroid dienone is 1. The minimum absolute atomic E-state index is 0.123. The lowest BCUT2D eigenvalue weighted by Crippen LogP contribution is -3.12. The number of benzene rings is 2. The molecule has 1 fully saturated rings. The van der Waals surface area contributed by atoms with Crippen molar-refractivity contribution in [2.24, 2.45) is 0 Å². The van der Waals surface area contributed by atoms with Gasteiger partial charge in [-0.1, -0.05) is 29.3 Å². The molecule has 0 spiro atoms. The average Bonchev–Trinajstić information content (AvgIpc) is 2.98. The number of rotatable bonds is 3. The second-order valence-electron chi connectivity index (χ2n) is 6.55. The first-order valence-corrected chi connectivity index (χ1v) is 9.44. The Morgan fingerprint density at radius 3 is 2.52 bits per heavy atom. The molecule has 1 saturated heterocycles. The molecule has 5 nitrogen and oxygen atoms in total. The summed E-state index contributed by atoms with van der Waals surface area (Å²) in [4.78, 5) is 14.1. The van der Waals surface area contributed by atoms with Crippen LogP contribution >= 0.6 is 23.2 Å². The van der Waals surface area contributed by atoms with Crippen molar-refractivity contribution in [1.82, 2.24) is 0 Å². The first-order valence-electron chi connectivity index (χ1n) is 8.69. The molecule has 7 heteroatoms. The van der Waals surface area contributed by atoms with Crippen LogP contribution in [0.25, 0.3) is 6.08 Å². The van der Waals surface area contributed by atoms with Crippen molar-refractivity contribution in [3.63, 3.8) is 0 Å². The second-order valence-corrected chi connectivity index (χ2v) is 7.37. The van der Waals surface area contributed by atoms with Gasteiger partial charge in [0.05, 0.1) is 24.3 Å². The summed E-state index contributed by atoms with van der Waals surface area (Å²) in [7, 11) is 0. The van der Waals surface area contributed by atoms with Gasteiger partial charge in [0, 0.05) is 15.6 Å². The Morgan fingerprint density at radius 1 is 1.11 bits per heavy atom. The molecule has 0 unspecified atom stereocenters. The van der Waals surface area contributed by atoms with Crippen LogP contribution in [0.15, 0.2) is 36.1 Å². The number of fused-ring (bicyclic) bond motifs is 1. The number of phenolic OH excluding ortho intramolecular Hbond substituents is 1. The topological polar surface area (TPSA) is 60.2 Å². The van der Waals surface area contributed by atoms with Crippen LogP contribution in [0, 0.1) is 0 Å². The van der Waals surface area contributed by atoms with Crippen LogP contribution in [-0.2, 0) is 11.3 Å². The summed E-state index contributed by atoms with van der Waals surface area (Å²) >= 11 is 12.4. The summed E-state index contributed by atoms with van der Waals surface area (Å²) in [5.41, 5.74) is 1.60. The van der Waals surface area contributed by atoms with Crippen molar-refractivity contribution in [1.29, 1.82) is 0 Å². The van der Waals surface area contributed by atoms with Gasteiger partial charge < -0.3 is 19.5 Å². The highest BCUT2D eigenvalue weighted by atomic mass is 35.5. The van der Waals surface area contributed by atoms with Gasteiger partial charge >= 0.3 is 0 Å². The molecule has 2 aromatic carbocycles. The lowest BCUT2D eigenvalue weighted by Gasteiger charge is -2.24. The van der Waals surface area contributed by atoms with Crippen LogP contribution in [0.3, 0.4) is 0 Å². The zero-order valence-corrected chi connectivity index (χ0v) is 15.9. The van der Waals surface area contributed by atoms with Crippen molar-refractivity contribution in [3.8, 4) is 11.5 Å². The van der Waals surface area contributed by atoms with Gasteiger partial charge in [0.1, 0.15) is 25.4 Å². The van der Waals surface area contributed by atoms with Gasteiger partial charge in [-0.25, -0.2) is 0 Å². The molecule has 0 atom stereocenters. The maximum absolute atomic E-state index is 12.8. The zero-order chi connectivity index (χ0) is 19.0. The number of carbonyl (C=O) groups is 1. The number of Topliss-reactive ketones (excluding diaryl/α,β-unsaturated/α-hetero) is 1. The van der Waals surface area contributed by atoms with Gasteiger partial charge in [-0.3, -0.25) is 4.79 Å². The van der Waals surface area contributed by atoms with Gasteiger partial charge in [0.15, 0.2) is 11.5 Å². The average molecular weight is 407 g/mol. The Kier molecular flexibility index (Phi) is 5.10. The van der Waals surface area contributed by atoms with Crippen molar-refractivity contribution >= 4 is 35.1 Å². The molecule has 4 rings (SSSR count). The van der Waals surface area contributed by atoms with Crippen molar-refractivity contribution in [2.45, 2.75) is 6.54 Å². The first kappa shape index (κ1) is 18.3. The third-order valence-electron chi connectivity index (χ3n) is 4.82. The number of ether oxygens (including phenoxy) is 2. The smallest absolute Gasteiger partial charge is 0.231 e. The van der Waals surface area contributed by atoms with E-state index in [2.05, 4.69) is 0 Å². The van der Waals surface area contributed by atoms with E-state index in [4.69, 9.17) is 32.7 Å². The molecule has 0 bridgehead atoms. The quantitative estimate of drug-likeness (QED) is 0.769. The largest absolute Gasteiger partial charge is 0.507 e. The molecule has 0 saturated carbocycles. The predicted octanol–water partition coefficient (Wildman–Crippen LogP) is 2.73. The third kappa shape index (κ3) is 3.56. The molecule has 0 aromatic heterocycles. The number of carbonyl (C=O) groups excluding carboxylic acids is 1. The fourth-order valence-corrected chi connectivity index (χ4v) is 3.84. The monoisotopic (exact) mass is 406 g/mol. The zero-order valence-electron chi connectivity index (χ0n) is 14.4. The summed E-state index contributed by atoms with van der Waals surface area (Å²) in [6.07, 6.45) is 1.55. The number of aromatic hydroxyl groups is 1. The van der Waals surface area contributed by atoms with Crippen LogP contribution in [-0.4, -0.2) is 37.2 Å². The molecule has 0 aliphatic carbocycles. The van der Waals surface area contributed by atoms with Crippen LogP contribution in [0.2, 0.25) is 10.0 Å². The highest BCUT2D eigenvalue weighted by Crippen LogP contribution is 2.40. The minimum Gasteiger partial charge on any atom is -0.507 e. The number of morpholine rings is 1. The molecule has 0 radical (unpaired) electrons. The van der Waals surface area contributed by atoms with Gasteiger partial charge in [0.25, 0.3) is 0 Å². The molecule has 140 valence electrons. The van der Waals surface area contributed by atoms with Crippen LogP contribution in [0.1, 0.15) is 21.5 Å². The summed E-state index contributed by atoms with van der Waals surface area (Å²) in [5, 5.41) is 11.2. The second kappa shape index (κ2) is 7.52. The lowest BCUT2D eigenvalue weighted by molar-refractivity contribution is -0.921. The van der Waals surface area contributed by atoms with E-state index in [1.807, 2.05) is 0 Å². The number of hydrogen-bond donors (Lipinski definition) is 2. The Hall–Kier alpha value is -2.05. The van der Waals surface area contributed by atoms with E-state index < -0.39 is 0 Å². The highest BCUT2D eigenvalue weighted by Gasteiger charge is 2.33. The van der Waals surface area contributed by atoms with Crippen LogP contribution < -0.4 is 9.64 Å².